The zero-order valence-corrected chi connectivity index (χ0v) is 30.0. The van der Waals surface area contributed by atoms with Gasteiger partial charge in [0.05, 0.1) is 39.5 Å². The normalized spacial score (nSPS) is 16.4. The molecule has 0 unspecified atom stereocenters. The number of ether oxygens (including phenoxy) is 4. The van der Waals surface area contributed by atoms with E-state index in [0.717, 1.165) is 26.1 Å². The fourth-order valence-electron chi connectivity index (χ4n) is 6.04. The molecule has 6 aromatic heterocycles. The number of aromatic nitrogens is 12. The first-order chi connectivity index (χ1) is 26.3. The average molecular weight is 739 g/mol. The van der Waals surface area contributed by atoms with Crippen molar-refractivity contribution in [3.63, 3.8) is 0 Å². The van der Waals surface area contributed by atoms with Crippen LogP contribution in [0, 0.1) is 0 Å². The number of anilines is 2. The van der Waals surface area contributed by atoms with Crippen molar-refractivity contribution in [2.75, 3.05) is 51.3 Å². The minimum absolute atomic E-state index is 0.190. The molecule has 0 aromatic carbocycles. The predicted octanol–water partition coefficient (Wildman–Crippen LogP) is 2.59. The summed E-state index contributed by atoms with van der Waals surface area (Å²) in [5.74, 6) is 1.90. The summed E-state index contributed by atoms with van der Waals surface area (Å²) in [7, 11) is 6.38. The highest BCUT2D eigenvalue weighted by Crippen LogP contribution is 2.27. The van der Waals surface area contributed by atoms with Gasteiger partial charge in [0.2, 0.25) is 11.8 Å². The third-order valence-electron chi connectivity index (χ3n) is 8.65. The Morgan fingerprint density at radius 3 is 1.54 bits per heavy atom. The van der Waals surface area contributed by atoms with E-state index in [2.05, 4.69) is 51.2 Å². The molecule has 2 fully saturated rings. The average Bonchev–Trinajstić information content (AvgIpc) is 4.02. The summed E-state index contributed by atoms with van der Waals surface area (Å²) >= 11 is 0. The van der Waals surface area contributed by atoms with Gasteiger partial charge in [0.15, 0.2) is 11.6 Å². The maximum atomic E-state index is 12.5. The first-order valence-corrected chi connectivity index (χ1v) is 17.0. The highest BCUT2D eigenvalue weighted by atomic mass is 16.5. The van der Waals surface area contributed by atoms with Gasteiger partial charge < -0.3 is 38.7 Å². The van der Waals surface area contributed by atoms with Crippen LogP contribution < -0.4 is 20.1 Å². The Labute approximate surface area is 308 Å². The monoisotopic (exact) mass is 738 g/mol. The van der Waals surface area contributed by atoms with Crippen LogP contribution in [0.15, 0.2) is 61.4 Å². The summed E-state index contributed by atoms with van der Waals surface area (Å²) in [6.45, 7) is 2.70. The van der Waals surface area contributed by atoms with Gasteiger partial charge in [-0.15, -0.1) is 30.6 Å². The second kappa shape index (κ2) is 16.0. The van der Waals surface area contributed by atoms with Crippen LogP contribution in [0.2, 0.25) is 0 Å². The predicted molar refractivity (Wildman–Crippen MR) is 191 cm³/mol. The number of hydrogen-bond donors (Lipinski definition) is 2. The zero-order chi connectivity index (χ0) is 37.6. The molecule has 20 heteroatoms. The summed E-state index contributed by atoms with van der Waals surface area (Å²) in [6.07, 6.45) is 8.36. The van der Waals surface area contributed by atoms with E-state index in [1.807, 2.05) is 33.4 Å². The fourth-order valence-corrected chi connectivity index (χ4v) is 6.04. The summed E-state index contributed by atoms with van der Waals surface area (Å²) in [6, 6.07) is 11.1. The van der Waals surface area contributed by atoms with Gasteiger partial charge in [-0.2, -0.15) is 0 Å². The summed E-state index contributed by atoms with van der Waals surface area (Å²) in [5, 5.41) is 30.1. The lowest BCUT2D eigenvalue weighted by molar-refractivity contribution is 0.101. The minimum Gasteiger partial charge on any atom is -0.479 e. The van der Waals surface area contributed by atoms with E-state index < -0.39 is 0 Å². The molecule has 0 aliphatic carbocycles. The molecule has 54 heavy (non-hydrogen) atoms. The Kier molecular flexibility index (Phi) is 10.6. The molecule has 2 atom stereocenters. The highest BCUT2D eigenvalue weighted by Gasteiger charge is 2.24. The molecule has 8 heterocycles. The molecule has 2 aliphatic heterocycles. The largest absolute Gasteiger partial charge is 0.479 e. The first kappa shape index (κ1) is 35.8. The molecule has 2 aliphatic rings. The molecule has 0 radical (unpaired) electrons. The Bertz CT molecular complexity index is 2070. The number of nitrogens with one attached hydrogen (secondary N) is 2. The minimum atomic E-state index is -0.352. The molecule has 0 bridgehead atoms. The van der Waals surface area contributed by atoms with Gasteiger partial charge in [-0.05, 0) is 37.1 Å². The third kappa shape index (κ3) is 7.78. The number of carbonyl (C=O) groups is 2. The van der Waals surface area contributed by atoms with E-state index >= 15 is 0 Å². The highest BCUT2D eigenvalue weighted by molar-refractivity contribution is 6.06. The maximum Gasteiger partial charge on any atom is 0.263 e. The first-order valence-electron chi connectivity index (χ1n) is 17.0. The summed E-state index contributed by atoms with van der Waals surface area (Å²) < 4.78 is 28.1. The second-order valence-corrected chi connectivity index (χ2v) is 12.3. The standard InChI is InChI=1S/2C17H19N7O3/c2*1-23-8-12(17(22-23)26-2)16(25)20-14-5-3-4-13(19-14)15-21-18-10-24(15)11-6-7-27-9-11/h2*3-5,8,10-11H,6-7,9H2,1-2H3,(H,19,20,25)/t2*11-/m10/s1. The van der Waals surface area contributed by atoms with Gasteiger partial charge in [-0.1, -0.05) is 12.1 Å². The van der Waals surface area contributed by atoms with Gasteiger partial charge in [0.1, 0.15) is 46.8 Å². The number of nitrogens with zero attached hydrogens (tertiary/aromatic N) is 12. The molecular weight excluding hydrogens is 700 g/mol. The van der Waals surface area contributed by atoms with Crippen LogP contribution in [0.4, 0.5) is 11.6 Å². The Morgan fingerprint density at radius 2 is 1.15 bits per heavy atom. The van der Waals surface area contributed by atoms with Crippen LogP contribution in [0.3, 0.4) is 0 Å². The smallest absolute Gasteiger partial charge is 0.263 e. The number of hydrogen-bond acceptors (Lipinski definition) is 14. The van der Waals surface area contributed by atoms with Crippen LogP contribution in [0.25, 0.3) is 23.0 Å². The lowest BCUT2D eigenvalue weighted by atomic mass is 10.2. The Hall–Kier alpha value is -6.54. The molecule has 0 saturated carbocycles. The van der Waals surface area contributed by atoms with Crippen molar-refractivity contribution >= 4 is 23.5 Å². The molecule has 2 saturated heterocycles. The summed E-state index contributed by atoms with van der Waals surface area (Å²) in [5.41, 5.74) is 1.91. The Balaban J connectivity index is 0.000000167. The summed E-state index contributed by atoms with van der Waals surface area (Å²) in [4.78, 5) is 34.1. The van der Waals surface area contributed by atoms with Crippen molar-refractivity contribution in [3.8, 4) is 34.8 Å². The van der Waals surface area contributed by atoms with Crippen LogP contribution >= 0.6 is 0 Å². The van der Waals surface area contributed by atoms with Crippen LogP contribution in [0.5, 0.6) is 11.8 Å². The van der Waals surface area contributed by atoms with Crippen LogP contribution in [0.1, 0.15) is 45.6 Å². The van der Waals surface area contributed by atoms with Crippen molar-refractivity contribution in [2.24, 2.45) is 14.1 Å². The lowest BCUT2D eigenvalue weighted by Crippen LogP contribution is -2.14. The number of amides is 2. The Morgan fingerprint density at radius 1 is 0.704 bits per heavy atom. The van der Waals surface area contributed by atoms with E-state index in [4.69, 9.17) is 18.9 Å². The van der Waals surface area contributed by atoms with E-state index in [1.165, 1.54) is 23.6 Å². The molecule has 6 aromatic rings. The van der Waals surface area contributed by atoms with Gasteiger partial charge in [-0.25, -0.2) is 9.97 Å². The van der Waals surface area contributed by atoms with Crippen molar-refractivity contribution in [3.05, 3.63) is 72.6 Å². The van der Waals surface area contributed by atoms with Gasteiger partial charge >= 0.3 is 0 Å². The number of carbonyl (C=O) groups excluding carboxylic acids is 2. The van der Waals surface area contributed by atoms with Crippen molar-refractivity contribution in [1.82, 2.24) is 59.1 Å². The van der Waals surface area contributed by atoms with Crippen LogP contribution in [-0.4, -0.2) is 112 Å². The molecule has 2 amide bonds. The van der Waals surface area contributed by atoms with Crippen molar-refractivity contribution in [1.29, 1.82) is 0 Å². The van der Waals surface area contributed by atoms with E-state index in [9.17, 15) is 9.59 Å². The molecule has 280 valence electrons. The number of rotatable bonds is 10. The molecular formula is C34H38N14O6. The lowest BCUT2D eigenvalue weighted by Gasteiger charge is -2.12. The van der Waals surface area contributed by atoms with Gasteiger partial charge in [-0.3, -0.25) is 19.0 Å². The van der Waals surface area contributed by atoms with E-state index in [1.54, 1.807) is 51.3 Å². The van der Waals surface area contributed by atoms with Crippen LogP contribution in [-0.2, 0) is 23.6 Å². The molecule has 0 spiro atoms. The number of pyridine rings is 2. The second-order valence-electron chi connectivity index (χ2n) is 12.3. The van der Waals surface area contributed by atoms with E-state index in [0.29, 0.717) is 59.0 Å². The van der Waals surface area contributed by atoms with Gasteiger partial charge in [0, 0.05) is 39.7 Å². The topological polar surface area (TPSA) is 218 Å². The number of aryl methyl sites for hydroxylation is 2. The zero-order valence-electron chi connectivity index (χ0n) is 30.0. The van der Waals surface area contributed by atoms with E-state index in [-0.39, 0.29) is 35.7 Å². The number of methoxy groups -OCH3 is 2. The van der Waals surface area contributed by atoms with Crippen molar-refractivity contribution in [2.45, 2.75) is 24.9 Å². The molecule has 20 nitrogen and oxygen atoms in total. The molecule has 2 N–H and O–H groups in total. The molecule has 8 rings (SSSR count). The quantitative estimate of drug-likeness (QED) is 0.207. The SMILES string of the molecule is COc1nn(C)cc1C(=O)Nc1cccc(-c2nncn2[C@@H]2CCOC2)n1.COc1nn(C)cc1C(=O)Nc1cccc(-c2nncn2[C@H]2CCOC2)n1. The maximum absolute atomic E-state index is 12.5. The third-order valence-corrected chi connectivity index (χ3v) is 8.65. The fraction of sp³-hybridized carbons (Fsp3) is 0.353. The van der Waals surface area contributed by atoms with Gasteiger partial charge in [0.25, 0.3) is 11.8 Å². The van der Waals surface area contributed by atoms with Crippen molar-refractivity contribution < 1.29 is 28.5 Å².